The van der Waals surface area contributed by atoms with E-state index in [9.17, 15) is 17.6 Å². The molecule has 2 rings (SSSR count). The van der Waals surface area contributed by atoms with Crippen LogP contribution in [0, 0.1) is 5.82 Å². The summed E-state index contributed by atoms with van der Waals surface area (Å²) in [6.45, 7) is 1.94. The summed E-state index contributed by atoms with van der Waals surface area (Å²) in [5.74, 6) is -1.56. The highest BCUT2D eigenvalue weighted by Crippen LogP contribution is 2.23. The van der Waals surface area contributed by atoms with Gasteiger partial charge >= 0.3 is 0 Å². The monoisotopic (exact) mass is 404 g/mol. The lowest BCUT2D eigenvalue weighted by atomic mass is 10.2. The van der Waals surface area contributed by atoms with Gasteiger partial charge in [0.15, 0.2) is 0 Å². The molecule has 0 saturated carbocycles. The van der Waals surface area contributed by atoms with Crippen molar-refractivity contribution in [3.63, 3.8) is 0 Å². The van der Waals surface area contributed by atoms with Crippen molar-refractivity contribution in [2.24, 2.45) is 0 Å². The lowest BCUT2D eigenvalue weighted by molar-refractivity contribution is 0.102. The van der Waals surface area contributed by atoms with Crippen LogP contribution in [-0.4, -0.2) is 20.9 Å². The summed E-state index contributed by atoms with van der Waals surface area (Å²) in [5.41, 5.74) is 0.315. The number of benzene rings is 2. The molecule has 0 bridgehead atoms. The zero-order chi connectivity index (χ0) is 18.6. The molecule has 2 aromatic rings. The smallest absolute Gasteiger partial charge is 0.255 e. The van der Waals surface area contributed by atoms with E-state index in [1.165, 1.54) is 24.3 Å². The third-order valence-electron chi connectivity index (χ3n) is 3.15. The average molecular weight is 405 g/mol. The number of hydrogen-bond acceptors (Lipinski definition) is 3. The Labute approximate surface area is 155 Å². The number of rotatable bonds is 6. The zero-order valence-electron chi connectivity index (χ0n) is 13.1. The minimum Gasteiger partial charge on any atom is -0.322 e. The third-order valence-corrected chi connectivity index (χ3v) is 5.06. The topological polar surface area (TPSA) is 75.3 Å². The largest absolute Gasteiger partial charge is 0.322 e. The summed E-state index contributed by atoms with van der Waals surface area (Å²) < 4.78 is 40.4. The molecule has 0 fully saturated rings. The van der Waals surface area contributed by atoms with Gasteiger partial charge in [-0.3, -0.25) is 4.79 Å². The summed E-state index contributed by atoms with van der Waals surface area (Å²) in [6.07, 6.45) is 0.552. The lowest BCUT2D eigenvalue weighted by Gasteiger charge is -2.10. The van der Waals surface area contributed by atoms with E-state index in [0.29, 0.717) is 22.2 Å². The average Bonchev–Trinajstić information content (AvgIpc) is 2.52. The van der Waals surface area contributed by atoms with E-state index in [-0.39, 0.29) is 12.1 Å². The summed E-state index contributed by atoms with van der Waals surface area (Å²) in [6, 6.07) is 7.57. The summed E-state index contributed by atoms with van der Waals surface area (Å²) in [7, 11) is -4.04. The van der Waals surface area contributed by atoms with Gasteiger partial charge in [-0.1, -0.05) is 30.1 Å². The molecule has 2 N–H and O–H groups in total. The Hall–Kier alpha value is -1.67. The number of nitrogens with one attached hydrogen (secondary N) is 2. The van der Waals surface area contributed by atoms with Gasteiger partial charge in [-0.25, -0.2) is 17.5 Å². The molecule has 0 radical (unpaired) electrons. The second-order valence-electron chi connectivity index (χ2n) is 5.16. The van der Waals surface area contributed by atoms with Gasteiger partial charge in [-0.05, 0) is 42.8 Å². The molecular weight excluding hydrogens is 390 g/mol. The molecule has 0 unspecified atom stereocenters. The van der Waals surface area contributed by atoms with Gasteiger partial charge in [0.25, 0.3) is 5.91 Å². The van der Waals surface area contributed by atoms with Crippen LogP contribution in [0.5, 0.6) is 0 Å². The standard InChI is InChI=1S/C16H15Cl2FN2O3S/c1-2-5-20-25(23,24)15-6-10(3-4-14(15)19)16(22)21-13-8-11(17)7-12(18)9-13/h3-4,6-9,20H,2,5H2,1H3,(H,21,22). The van der Waals surface area contributed by atoms with E-state index in [0.717, 1.165) is 12.1 Å². The van der Waals surface area contributed by atoms with Crippen LogP contribution >= 0.6 is 23.2 Å². The maximum atomic E-state index is 13.9. The first-order chi connectivity index (χ1) is 11.7. The zero-order valence-corrected chi connectivity index (χ0v) is 15.5. The molecule has 9 heteroatoms. The number of sulfonamides is 1. The normalized spacial score (nSPS) is 11.4. The third kappa shape index (κ3) is 5.15. The Kier molecular flexibility index (Phi) is 6.40. The van der Waals surface area contributed by atoms with Gasteiger partial charge in [0.1, 0.15) is 10.7 Å². The van der Waals surface area contributed by atoms with Gasteiger partial charge in [0.05, 0.1) is 0 Å². The molecule has 134 valence electrons. The molecule has 0 aromatic heterocycles. The van der Waals surface area contributed by atoms with Crippen LogP contribution < -0.4 is 10.0 Å². The van der Waals surface area contributed by atoms with Gasteiger partial charge in [-0.15, -0.1) is 0 Å². The first-order valence-electron chi connectivity index (χ1n) is 7.29. The minimum atomic E-state index is -4.04. The van der Waals surface area contributed by atoms with Crippen LogP contribution in [0.1, 0.15) is 23.7 Å². The molecule has 25 heavy (non-hydrogen) atoms. The van der Waals surface area contributed by atoms with Crippen molar-refractivity contribution < 1.29 is 17.6 Å². The second-order valence-corrected chi connectivity index (χ2v) is 7.76. The molecule has 0 aliphatic carbocycles. The molecule has 0 atom stereocenters. The second kappa shape index (κ2) is 8.14. The Morgan fingerprint density at radius 1 is 1.12 bits per heavy atom. The van der Waals surface area contributed by atoms with E-state index < -0.39 is 26.6 Å². The minimum absolute atomic E-state index is 0.0191. The van der Waals surface area contributed by atoms with Crippen LogP contribution in [0.3, 0.4) is 0 Å². The van der Waals surface area contributed by atoms with E-state index in [4.69, 9.17) is 23.2 Å². The van der Waals surface area contributed by atoms with Crippen LogP contribution in [0.25, 0.3) is 0 Å². The molecule has 0 heterocycles. The van der Waals surface area contributed by atoms with Crippen molar-refractivity contribution in [1.82, 2.24) is 4.72 Å². The SMILES string of the molecule is CCCNS(=O)(=O)c1cc(C(=O)Nc2cc(Cl)cc(Cl)c2)ccc1F. The van der Waals surface area contributed by atoms with Gasteiger partial charge in [-0.2, -0.15) is 0 Å². The van der Waals surface area contributed by atoms with Crippen molar-refractivity contribution in [2.45, 2.75) is 18.2 Å². The summed E-state index contributed by atoms with van der Waals surface area (Å²) in [5, 5.41) is 3.19. The highest BCUT2D eigenvalue weighted by molar-refractivity contribution is 7.89. The quantitative estimate of drug-likeness (QED) is 0.761. The molecule has 0 spiro atoms. The van der Waals surface area contributed by atoms with E-state index in [1.54, 1.807) is 6.92 Å². The van der Waals surface area contributed by atoms with Gasteiger partial charge in [0, 0.05) is 27.8 Å². The number of halogens is 3. The van der Waals surface area contributed by atoms with Crippen molar-refractivity contribution in [3.05, 3.63) is 57.8 Å². The Morgan fingerprint density at radius 2 is 1.76 bits per heavy atom. The van der Waals surface area contributed by atoms with E-state index >= 15 is 0 Å². The molecule has 1 amide bonds. The van der Waals surface area contributed by atoms with Crippen molar-refractivity contribution in [3.8, 4) is 0 Å². The fraction of sp³-hybridized carbons (Fsp3) is 0.188. The van der Waals surface area contributed by atoms with Crippen molar-refractivity contribution in [1.29, 1.82) is 0 Å². The maximum absolute atomic E-state index is 13.9. The van der Waals surface area contributed by atoms with E-state index in [2.05, 4.69) is 10.0 Å². The number of amides is 1. The van der Waals surface area contributed by atoms with Crippen molar-refractivity contribution >= 4 is 44.8 Å². The fourth-order valence-corrected chi connectivity index (χ4v) is 3.76. The first-order valence-corrected chi connectivity index (χ1v) is 9.53. The predicted octanol–water partition coefficient (Wildman–Crippen LogP) is 4.07. The maximum Gasteiger partial charge on any atom is 0.255 e. The summed E-state index contributed by atoms with van der Waals surface area (Å²) >= 11 is 11.7. The lowest BCUT2D eigenvalue weighted by Crippen LogP contribution is -2.26. The van der Waals surface area contributed by atoms with Crippen LogP contribution in [-0.2, 0) is 10.0 Å². The van der Waals surface area contributed by atoms with Crippen molar-refractivity contribution in [2.75, 3.05) is 11.9 Å². The predicted molar refractivity (Wildman–Crippen MR) is 96.3 cm³/mol. The number of carbonyl (C=O) groups is 1. The van der Waals surface area contributed by atoms with Crippen LogP contribution in [0.2, 0.25) is 10.0 Å². The summed E-state index contributed by atoms with van der Waals surface area (Å²) in [4.78, 5) is 11.7. The van der Waals surface area contributed by atoms with Crippen LogP contribution in [0.15, 0.2) is 41.3 Å². The Morgan fingerprint density at radius 3 is 2.36 bits per heavy atom. The Bertz CT molecular complexity index is 884. The number of carbonyl (C=O) groups excluding carboxylic acids is 1. The Balaban J connectivity index is 2.30. The molecule has 5 nitrogen and oxygen atoms in total. The first kappa shape index (κ1) is 19.7. The fourth-order valence-electron chi connectivity index (χ4n) is 1.99. The number of hydrogen-bond donors (Lipinski definition) is 2. The highest BCUT2D eigenvalue weighted by atomic mass is 35.5. The molecule has 0 aliphatic rings. The molecule has 2 aromatic carbocycles. The molecular formula is C16H15Cl2FN2O3S. The highest BCUT2D eigenvalue weighted by Gasteiger charge is 2.20. The molecule has 0 saturated heterocycles. The van der Waals surface area contributed by atoms with Gasteiger partial charge < -0.3 is 5.32 Å². The van der Waals surface area contributed by atoms with E-state index in [1.807, 2.05) is 0 Å². The number of anilines is 1. The molecule has 0 aliphatic heterocycles. The van der Waals surface area contributed by atoms with Crippen LogP contribution in [0.4, 0.5) is 10.1 Å². The van der Waals surface area contributed by atoms with Gasteiger partial charge in [0.2, 0.25) is 10.0 Å².